The van der Waals surface area contributed by atoms with Gasteiger partial charge in [0.2, 0.25) is 5.95 Å². The van der Waals surface area contributed by atoms with Gasteiger partial charge in [-0.1, -0.05) is 36.4 Å². The smallest absolute Gasteiger partial charge is 0.251 e. The van der Waals surface area contributed by atoms with E-state index in [9.17, 15) is 14.0 Å². The number of benzene rings is 3. The Balaban J connectivity index is 1.23. The summed E-state index contributed by atoms with van der Waals surface area (Å²) in [4.78, 5) is 29.5. The second kappa shape index (κ2) is 13.7. The van der Waals surface area contributed by atoms with Crippen molar-refractivity contribution in [2.45, 2.75) is 19.8 Å². The number of fused-ring (bicyclic) bond motifs is 1. The van der Waals surface area contributed by atoms with Gasteiger partial charge in [0.1, 0.15) is 17.3 Å². The molecule has 5 rings (SSSR count). The summed E-state index contributed by atoms with van der Waals surface area (Å²) >= 11 is 0. The standard InChI is InChI=1S/C33H32FN5O4/c1-3-43-17-16-35-32(41)25-10-14-29(30(20-25)42-2)36-33-37-31-15-11-26(21-39(31)38-33)24-8-4-22(5-9-24)18-28(40)19-23-6-12-27(34)13-7-23/h4-15,20-21H,3,16-19H2,1-2H3,(H,35,41)(H,36,38). The number of rotatable bonds is 13. The van der Waals surface area contributed by atoms with Gasteiger partial charge in [-0.15, -0.1) is 5.10 Å². The predicted octanol–water partition coefficient (Wildman–Crippen LogP) is 5.41. The van der Waals surface area contributed by atoms with Crippen molar-refractivity contribution in [3.8, 4) is 16.9 Å². The number of halogens is 1. The molecule has 0 bridgehead atoms. The molecule has 2 heterocycles. The number of methoxy groups -OCH3 is 1. The van der Waals surface area contributed by atoms with Gasteiger partial charge in [-0.25, -0.2) is 8.91 Å². The number of nitrogens with zero attached hydrogens (tertiary/aromatic N) is 3. The Kier molecular flexibility index (Phi) is 9.38. The number of aromatic nitrogens is 3. The van der Waals surface area contributed by atoms with Crippen LogP contribution in [0.4, 0.5) is 16.0 Å². The van der Waals surface area contributed by atoms with Crippen molar-refractivity contribution in [2.75, 3.05) is 32.2 Å². The minimum absolute atomic E-state index is 0.0653. The molecule has 1 amide bonds. The normalized spacial score (nSPS) is 11.0. The van der Waals surface area contributed by atoms with Gasteiger partial charge >= 0.3 is 0 Å². The maximum absolute atomic E-state index is 13.1. The zero-order valence-electron chi connectivity index (χ0n) is 24.0. The second-order valence-electron chi connectivity index (χ2n) is 9.86. The van der Waals surface area contributed by atoms with Crippen molar-refractivity contribution in [3.05, 3.63) is 108 Å². The molecule has 0 atom stereocenters. The molecular weight excluding hydrogens is 549 g/mol. The predicted molar refractivity (Wildman–Crippen MR) is 162 cm³/mol. The molecule has 9 nitrogen and oxygen atoms in total. The number of hydrogen-bond acceptors (Lipinski definition) is 7. The fourth-order valence-electron chi connectivity index (χ4n) is 4.58. The lowest BCUT2D eigenvalue weighted by molar-refractivity contribution is -0.117. The van der Waals surface area contributed by atoms with E-state index in [2.05, 4.69) is 20.7 Å². The molecule has 0 saturated carbocycles. The van der Waals surface area contributed by atoms with Gasteiger partial charge in [0, 0.05) is 43.3 Å². The van der Waals surface area contributed by atoms with E-state index in [1.807, 2.05) is 49.5 Å². The Hall–Kier alpha value is -5.09. The maximum atomic E-state index is 13.1. The number of ketones is 1. The maximum Gasteiger partial charge on any atom is 0.251 e. The molecule has 0 aliphatic heterocycles. The van der Waals surface area contributed by atoms with Gasteiger partial charge in [0.15, 0.2) is 5.65 Å². The SMILES string of the molecule is CCOCCNC(=O)c1ccc(Nc2nc3ccc(-c4ccc(CC(=O)Cc5ccc(F)cc5)cc4)cn3n2)c(OC)c1. The van der Waals surface area contributed by atoms with Crippen LogP contribution < -0.4 is 15.4 Å². The number of carbonyl (C=O) groups is 2. The summed E-state index contributed by atoms with van der Waals surface area (Å²) in [5.41, 5.74) is 5.35. The van der Waals surface area contributed by atoms with Crippen molar-refractivity contribution >= 4 is 29.0 Å². The average molecular weight is 582 g/mol. The third kappa shape index (κ3) is 7.60. The summed E-state index contributed by atoms with van der Waals surface area (Å²) in [6, 6.07) is 22.8. The molecule has 0 unspecified atom stereocenters. The monoisotopic (exact) mass is 581 g/mol. The van der Waals surface area contributed by atoms with Crippen LogP contribution in [0.25, 0.3) is 16.8 Å². The molecule has 0 radical (unpaired) electrons. The van der Waals surface area contributed by atoms with Crippen LogP contribution in [0.15, 0.2) is 85.1 Å². The van der Waals surface area contributed by atoms with E-state index < -0.39 is 0 Å². The Bertz CT molecular complexity index is 1720. The van der Waals surface area contributed by atoms with Crippen molar-refractivity contribution in [1.29, 1.82) is 0 Å². The van der Waals surface area contributed by atoms with E-state index >= 15 is 0 Å². The Morgan fingerprint density at radius 1 is 0.907 bits per heavy atom. The highest BCUT2D eigenvalue weighted by atomic mass is 19.1. The average Bonchev–Trinajstić information content (AvgIpc) is 3.42. The molecule has 0 fully saturated rings. The van der Waals surface area contributed by atoms with Crippen molar-refractivity contribution in [2.24, 2.45) is 0 Å². The zero-order chi connectivity index (χ0) is 30.2. The zero-order valence-corrected chi connectivity index (χ0v) is 24.0. The van der Waals surface area contributed by atoms with E-state index in [0.29, 0.717) is 54.8 Å². The fourth-order valence-corrected chi connectivity index (χ4v) is 4.58. The molecule has 43 heavy (non-hydrogen) atoms. The third-order valence-corrected chi connectivity index (χ3v) is 6.78. The van der Waals surface area contributed by atoms with Crippen LogP contribution in [0, 0.1) is 5.82 Å². The van der Waals surface area contributed by atoms with E-state index in [0.717, 1.165) is 22.3 Å². The lowest BCUT2D eigenvalue weighted by Crippen LogP contribution is -2.27. The first-order valence-corrected chi connectivity index (χ1v) is 13.9. The number of amides is 1. The fraction of sp³-hybridized carbons (Fsp3) is 0.212. The van der Waals surface area contributed by atoms with Gasteiger partial charge in [-0.2, -0.15) is 4.98 Å². The number of carbonyl (C=O) groups excluding carboxylic acids is 2. The molecular formula is C33H32FN5O4. The van der Waals surface area contributed by atoms with E-state index in [1.54, 1.807) is 34.8 Å². The topological polar surface area (TPSA) is 107 Å². The van der Waals surface area contributed by atoms with Crippen LogP contribution in [-0.2, 0) is 22.4 Å². The minimum Gasteiger partial charge on any atom is -0.495 e. The van der Waals surface area contributed by atoms with Gasteiger partial charge in [-0.3, -0.25) is 9.59 Å². The van der Waals surface area contributed by atoms with Crippen LogP contribution in [0.2, 0.25) is 0 Å². The van der Waals surface area contributed by atoms with Crippen LogP contribution in [0.1, 0.15) is 28.4 Å². The molecule has 0 aliphatic carbocycles. The van der Waals surface area contributed by atoms with Gasteiger partial charge in [0.25, 0.3) is 5.91 Å². The Labute approximate surface area is 248 Å². The molecule has 10 heteroatoms. The number of anilines is 2. The summed E-state index contributed by atoms with van der Waals surface area (Å²) in [6.07, 6.45) is 2.45. The van der Waals surface area contributed by atoms with E-state index in [1.165, 1.54) is 19.2 Å². The van der Waals surface area contributed by atoms with Gasteiger partial charge in [0.05, 0.1) is 19.4 Å². The summed E-state index contributed by atoms with van der Waals surface area (Å²) < 4.78 is 25.6. The molecule has 0 aliphatic rings. The first kappa shape index (κ1) is 29.4. The molecule has 2 aromatic heterocycles. The molecule has 5 aromatic rings. The van der Waals surface area contributed by atoms with Crippen molar-refractivity contribution in [1.82, 2.24) is 19.9 Å². The number of ether oxygens (including phenoxy) is 2. The minimum atomic E-state index is -0.314. The second-order valence-corrected chi connectivity index (χ2v) is 9.86. The van der Waals surface area contributed by atoms with Crippen molar-refractivity contribution in [3.63, 3.8) is 0 Å². The van der Waals surface area contributed by atoms with E-state index in [4.69, 9.17) is 9.47 Å². The lowest BCUT2D eigenvalue weighted by atomic mass is 10.0. The summed E-state index contributed by atoms with van der Waals surface area (Å²) in [6.45, 7) is 3.37. The lowest BCUT2D eigenvalue weighted by Gasteiger charge is -2.11. The van der Waals surface area contributed by atoms with Crippen LogP contribution >= 0.6 is 0 Å². The number of Topliss-reactive ketones (excluding diaryl/α,β-unsaturated/α-hetero) is 1. The Morgan fingerprint density at radius 2 is 1.60 bits per heavy atom. The molecule has 220 valence electrons. The van der Waals surface area contributed by atoms with Crippen LogP contribution in [-0.4, -0.2) is 53.2 Å². The highest BCUT2D eigenvalue weighted by Gasteiger charge is 2.13. The first-order chi connectivity index (χ1) is 20.9. The third-order valence-electron chi connectivity index (χ3n) is 6.78. The molecule has 2 N–H and O–H groups in total. The van der Waals surface area contributed by atoms with Crippen LogP contribution in [0.3, 0.4) is 0 Å². The molecule has 0 saturated heterocycles. The number of hydrogen-bond donors (Lipinski definition) is 2. The van der Waals surface area contributed by atoms with Gasteiger partial charge < -0.3 is 20.1 Å². The quantitative estimate of drug-likeness (QED) is 0.179. The molecule has 3 aromatic carbocycles. The van der Waals surface area contributed by atoms with Crippen molar-refractivity contribution < 1.29 is 23.5 Å². The number of pyridine rings is 1. The number of nitrogens with one attached hydrogen (secondary N) is 2. The van der Waals surface area contributed by atoms with Crippen LogP contribution in [0.5, 0.6) is 5.75 Å². The highest BCUT2D eigenvalue weighted by Crippen LogP contribution is 2.28. The van der Waals surface area contributed by atoms with E-state index in [-0.39, 0.29) is 23.9 Å². The highest BCUT2D eigenvalue weighted by molar-refractivity contribution is 5.95. The largest absolute Gasteiger partial charge is 0.495 e. The first-order valence-electron chi connectivity index (χ1n) is 13.9. The molecule has 0 spiro atoms. The summed E-state index contributed by atoms with van der Waals surface area (Å²) in [7, 11) is 1.54. The summed E-state index contributed by atoms with van der Waals surface area (Å²) in [5, 5.41) is 10.6. The Morgan fingerprint density at radius 3 is 2.30 bits per heavy atom. The van der Waals surface area contributed by atoms with Gasteiger partial charge in [-0.05, 0) is 66.1 Å². The summed E-state index contributed by atoms with van der Waals surface area (Å²) in [5.74, 6) is 0.390.